The number of aliphatic hydroxyl groups is 1. The SMILES string of the molecule is N#Cc1ccccc1OCC(O)CNCc1ccncn1. The highest BCUT2D eigenvalue weighted by Crippen LogP contribution is 2.16. The van der Waals surface area contributed by atoms with Crippen LogP contribution >= 0.6 is 0 Å². The standard InChI is InChI=1S/C15H16N4O2/c16-7-12-3-1-2-4-15(12)21-10-14(20)9-18-8-13-5-6-17-11-19-13/h1-6,11,14,18,20H,8-10H2. The number of aliphatic hydroxyl groups excluding tert-OH is 1. The van der Waals surface area contributed by atoms with Gasteiger partial charge in [-0.15, -0.1) is 0 Å². The number of ether oxygens (including phenoxy) is 1. The zero-order valence-corrected chi connectivity index (χ0v) is 11.4. The van der Waals surface area contributed by atoms with Crippen LogP contribution in [-0.2, 0) is 6.54 Å². The molecule has 0 aliphatic heterocycles. The smallest absolute Gasteiger partial charge is 0.137 e. The highest BCUT2D eigenvalue weighted by molar-refractivity contribution is 5.42. The molecule has 1 atom stereocenters. The van der Waals surface area contributed by atoms with Gasteiger partial charge in [-0.2, -0.15) is 5.26 Å². The van der Waals surface area contributed by atoms with Crippen LogP contribution in [0.5, 0.6) is 5.75 Å². The second-order valence-electron chi connectivity index (χ2n) is 4.40. The third-order valence-corrected chi connectivity index (χ3v) is 2.77. The van der Waals surface area contributed by atoms with Crippen LogP contribution in [0.4, 0.5) is 0 Å². The molecule has 0 spiro atoms. The summed E-state index contributed by atoms with van der Waals surface area (Å²) in [6, 6.07) is 10.8. The molecule has 0 amide bonds. The van der Waals surface area contributed by atoms with Gasteiger partial charge in [-0.3, -0.25) is 0 Å². The van der Waals surface area contributed by atoms with Gasteiger partial charge in [0, 0.05) is 19.3 Å². The molecule has 0 fully saturated rings. The van der Waals surface area contributed by atoms with E-state index in [0.717, 1.165) is 5.69 Å². The topological polar surface area (TPSA) is 91.1 Å². The van der Waals surface area contributed by atoms with E-state index in [2.05, 4.69) is 15.3 Å². The molecule has 1 aromatic heterocycles. The number of nitrogens with zero attached hydrogens (tertiary/aromatic N) is 3. The second kappa shape index (κ2) is 7.94. The third-order valence-electron chi connectivity index (χ3n) is 2.77. The van der Waals surface area contributed by atoms with E-state index < -0.39 is 6.10 Å². The van der Waals surface area contributed by atoms with Gasteiger partial charge in [0.1, 0.15) is 30.9 Å². The maximum absolute atomic E-state index is 9.85. The number of hydrogen-bond acceptors (Lipinski definition) is 6. The Bertz CT molecular complexity index is 598. The van der Waals surface area contributed by atoms with Crippen molar-refractivity contribution in [3.63, 3.8) is 0 Å². The summed E-state index contributed by atoms with van der Waals surface area (Å²) in [6.45, 7) is 1.04. The summed E-state index contributed by atoms with van der Waals surface area (Å²) >= 11 is 0. The third kappa shape index (κ3) is 4.84. The number of hydrogen-bond donors (Lipinski definition) is 2. The van der Waals surface area contributed by atoms with E-state index in [1.165, 1.54) is 6.33 Å². The molecule has 108 valence electrons. The fourth-order valence-corrected chi connectivity index (χ4v) is 1.72. The highest BCUT2D eigenvalue weighted by atomic mass is 16.5. The lowest BCUT2D eigenvalue weighted by Crippen LogP contribution is -2.31. The summed E-state index contributed by atoms with van der Waals surface area (Å²) in [4.78, 5) is 7.90. The van der Waals surface area contributed by atoms with E-state index >= 15 is 0 Å². The van der Waals surface area contributed by atoms with E-state index in [4.69, 9.17) is 10.00 Å². The average Bonchev–Trinajstić information content (AvgIpc) is 2.54. The van der Waals surface area contributed by atoms with Crippen LogP contribution in [0.3, 0.4) is 0 Å². The molecule has 6 nitrogen and oxygen atoms in total. The van der Waals surface area contributed by atoms with Gasteiger partial charge in [-0.1, -0.05) is 12.1 Å². The van der Waals surface area contributed by atoms with E-state index in [9.17, 15) is 5.11 Å². The van der Waals surface area contributed by atoms with Crippen molar-refractivity contribution in [1.82, 2.24) is 15.3 Å². The van der Waals surface area contributed by atoms with Gasteiger partial charge in [0.25, 0.3) is 0 Å². The van der Waals surface area contributed by atoms with Gasteiger partial charge >= 0.3 is 0 Å². The van der Waals surface area contributed by atoms with Gasteiger partial charge in [0.2, 0.25) is 0 Å². The first-order valence-electron chi connectivity index (χ1n) is 6.55. The molecule has 0 saturated heterocycles. The summed E-state index contributed by atoms with van der Waals surface area (Å²) in [5.41, 5.74) is 1.31. The Morgan fingerprint density at radius 1 is 1.33 bits per heavy atom. The molecule has 21 heavy (non-hydrogen) atoms. The molecule has 0 saturated carbocycles. The monoisotopic (exact) mass is 284 g/mol. The predicted molar refractivity (Wildman–Crippen MR) is 76.4 cm³/mol. The van der Waals surface area contributed by atoms with Crippen LogP contribution in [0, 0.1) is 11.3 Å². The minimum Gasteiger partial charge on any atom is -0.489 e. The normalized spacial score (nSPS) is 11.6. The van der Waals surface area contributed by atoms with Gasteiger partial charge in [0.15, 0.2) is 0 Å². The van der Waals surface area contributed by atoms with Gasteiger partial charge in [-0.05, 0) is 18.2 Å². The van der Waals surface area contributed by atoms with Crippen LogP contribution in [0.1, 0.15) is 11.3 Å². The van der Waals surface area contributed by atoms with Crippen molar-refractivity contribution in [3.05, 3.63) is 54.1 Å². The summed E-state index contributed by atoms with van der Waals surface area (Å²) in [7, 11) is 0. The summed E-state index contributed by atoms with van der Waals surface area (Å²) < 4.78 is 5.45. The minimum absolute atomic E-state index is 0.121. The van der Waals surface area contributed by atoms with Crippen LogP contribution in [0.15, 0.2) is 42.9 Å². The van der Waals surface area contributed by atoms with Crippen molar-refractivity contribution in [2.24, 2.45) is 0 Å². The molecule has 2 aromatic rings. The molecule has 2 rings (SSSR count). The molecular weight excluding hydrogens is 268 g/mol. The molecule has 1 unspecified atom stereocenters. The van der Waals surface area contributed by atoms with Gasteiger partial charge in [0.05, 0.1) is 11.3 Å². The fraction of sp³-hybridized carbons (Fsp3) is 0.267. The Kier molecular flexibility index (Phi) is 5.64. The van der Waals surface area contributed by atoms with E-state index in [0.29, 0.717) is 24.4 Å². The predicted octanol–water partition coefficient (Wildman–Crippen LogP) is 0.878. The number of nitriles is 1. The maximum Gasteiger partial charge on any atom is 0.137 e. The Labute approximate surface area is 123 Å². The molecule has 6 heteroatoms. The summed E-state index contributed by atoms with van der Waals surface area (Å²) in [5, 5.41) is 21.9. The molecule has 1 aromatic carbocycles. The average molecular weight is 284 g/mol. The Morgan fingerprint density at radius 2 is 2.19 bits per heavy atom. The lowest BCUT2D eigenvalue weighted by Gasteiger charge is -2.13. The maximum atomic E-state index is 9.85. The van der Waals surface area contributed by atoms with Crippen LogP contribution < -0.4 is 10.1 Å². The summed E-state index contributed by atoms with van der Waals surface area (Å²) in [6.07, 6.45) is 2.48. The van der Waals surface area contributed by atoms with E-state index in [-0.39, 0.29) is 6.61 Å². The number of nitrogens with one attached hydrogen (secondary N) is 1. The van der Waals surface area contributed by atoms with Gasteiger partial charge < -0.3 is 15.2 Å². The molecule has 2 N–H and O–H groups in total. The summed E-state index contributed by atoms with van der Waals surface area (Å²) in [5.74, 6) is 0.481. The molecule has 0 aliphatic carbocycles. The first kappa shape index (κ1) is 14.9. The zero-order valence-electron chi connectivity index (χ0n) is 11.4. The Balaban J connectivity index is 1.73. The van der Waals surface area contributed by atoms with Crippen molar-refractivity contribution in [2.45, 2.75) is 12.6 Å². The van der Waals surface area contributed by atoms with Crippen LogP contribution in [0.2, 0.25) is 0 Å². The highest BCUT2D eigenvalue weighted by Gasteiger charge is 2.07. The van der Waals surface area contributed by atoms with E-state index in [1.807, 2.05) is 6.07 Å². The van der Waals surface area contributed by atoms with Crippen LogP contribution in [0.25, 0.3) is 0 Å². The minimum atomic E-state index is -0.668. The van der Waals surface area contributed by atoms with Crippen molar-refractivity contribution in [3.8, 4) is 11.8 Å². The molecular formula is C15H16N4O2. The molecule has 0 aliphatic rings. The molecule has 1 heterocycles. The van der Waals surface area contributed by atoms with Crippen molar-refractivity contribution >= 4 is 0 Å². The van der Waals surface area contributed by atoms with Crippen molar-refractivity contribution in [1.29, 1.82) is 5.26 Å². The largest absolute Gasteiger partial charge is 0.489 e. The number of benzene rings is 1. The second-order valence-corrected chi connectivity index (χ2v) is 4.40. The van der Waals surface area contributed by atoms with Gasteiger partial charge in [-0.25, -0.2) is 9.97 Å². The number of aromatic nitrogens is 2. The number of rotatable bonds is 7. The Morgan fingerprint density at radius 3 is 2.95 bits per heavy atom. The first-order chi connectivity index (χ1) is 10.3. The van der Waals surface area contributed by atoms with Crippen molar-refractivity contribution in [2.75, 3.05) is 13.2 Å². The number of para-hydroxylation sites is 1. The lowest BCUT2D eigenvalue weighted by atomic mass is 10.2. The lowest BCUT2D eigenvalue weighted by molar-refractivity contribution is 0.106. The molecule has 0 radical (unpaired) electrons. The van der Waals surface area contributed by atoms with Crippen LogP contribution in [-0.4, -0.2) is 34.3 Å². The fourth-order valence-electron chi connectivity index (χ4n) is 1.72. The quantitative estimate of drug-likeness (QED) is 0.784. The van der Waals surface area contributed by atoms with Crippen molar-refractivity contribution < 1.29 is 9.84 Å². The Hall–Kier alpha value is -2.49. The van der Waals surface area contributed by atoms with E-state index in [1.54, 1.807) is 36.5 Å². The molecule has 0 bridgehead atoms. The zero-order chi connectivity index (χ0) is 14.9. The first-order valence-corrected chi connectivity index (χ1v) is 6.55.